The molecule has 24 heavy (non-hydrogen) atoms. The normalized spacial score (nSPS) is 10.1. The second kappa shape index (κ2) is 8.41. The number of ether oxygens (including phenoxy) is 2. The molecule has 126 valence electrons. The average Bonchev–Trinajstić information content (AvgIpc) is 2.58. The predicted octanol–water partition coefficient (Wildman–Crippen LogP) is 4.54. The first-order valence-corrected chi connectivity index (χ1v) is 7.91. The van der Waals surface area contributed by atoms with Crippen LogP contribution in [0, 0.1) is 13.8 Å². The molecule has 0 saturated carbocycles. The van der Waals surface area contributed by atoms with Crippen molar-refractivity contribution in [3.05, 3.63) is 65.2 Å². The van der Waals surface area contributed by atoms with E-state index in [4.69, 9.17) is 21.1 Å². The fourth-order valence-corrected chi connectivity index (χ4v) is 2.25. The van der Waals surface area contributed by atoms with Gasteiger partial charge in [-0.1, -0.05) is 24.3 Å². The standard InChI is InChI=1S/C19H20ClNO3/c1-4-11-23-16-7-5-15(6-8-16)21-19(22)12-24-18-10-9-17(20)13(2)14(18)3/h4-10H,1,11-12H2,2-3H3,(H,21,22). The first kappa shape index (κ1) is 17.9. The van der Waals surface area contributed by atoms with E-state index in [-0.39, 0.29) is 12.5 Å². The lowest BCUT2D eigenvalue weighted by Gasteiger charge is -2.12. The van der Waals surface area contributed by atoms with Gasteiger partial charge >= 0.3 is 0 Å². The molecule has 0 heterocycles. The van der Waals surface area contributed by atoms with Gasteiger partial charge in [0.25, 0.3) is 5.91 Å². The largest absolute Gasteiger partial charge is 0.490 e. The van der Waals surface area contributed by atoms with Gasteiger partial charge in [-0.25, -0.2) is 0 Å². The molecule has 1 amide bonds. The van der Waals surface area contributed by atoms with Crippen molar-refractivity contribution in [2.45, 2.75) is 13.8 Å². The Labute approximate surface area is 147 Å². The molecular weight excluding hydrogens is 326 g/mol. The molecule has 0 unspecified atom stereocenters. The minimum Gasteiger partial charge on any atom is -0.490 e. The van der Waals surface area contributed by atoms with Crippen molar-refractivity contribution in [3.8, 4) is 11.5 Å². The lowest BCUT2D eigenvalue weighted by atomic mass is 10.1. The van der Waals surface area contributed by atoms with Gasteiger partial charge in [-0.15, -0.1) is 0 Å². The number of halogens is 1. The summed E-state index contributed by atoms with van der Waals surface area (Å²) in [5.41, 5.74) is 2.56. The van der Waals surface area contributed by atoms with Crippen molar-refractivity contribution >= 4 is 23.2 Å². The highest BCUT2D eigenvalue weighted by Crippen LogP contribution is 2.27. The van der Waals surface area contributed by atoms with Crippen LogP contribution in [0.25, 0.3) is 0 Å². The molecule has 2 aromatic rings. The number of amides is 1. The molecule has 0 radical (unpaired) electrons. The van der Waals surface area contributed by atoms with Crippen LogP contribution in [0.2, 0.25) is 5.02 Å². The fourth-order valence-electron chi connectivity index (χ4n) is 2.05. The predicted molar refractivity (Wildman–Crippen MR) is 97.2 cm³/mol. The van der Waals surface area contributed by atoms with Crippen molar-refractivity contribution in [2.75, 3.05) is 18.5 Å². The smallest absolute Gasteiger partial charge is 0.262 e. The van der Waals surface area contributed by atoms with Gasteiger partial charge in [0.15, 0.2) is 6.61 Å². The van der Waals surface area contributed by atoms with Crippen LogP contribution in [-0.2, 0) is 4.79 Å². The van der Waals surface area contributed by atoms with E-state index in [0.29, 0.717) is 23.1 Å². The third-order valence-corrected chi connectivity index (χ3v) is 3.95. The maximum Gasteiger partial charge on any atom is 0.262 e. The number of hydrogen-bond donors (Lipinski definition) is 1. The first-order chi connectivity index (χ1) is 11.5. The van der Waals surface area contributed by atoms with Crippen LogP contribution in [-0.4, -0.2) is 19.1 Å². The van der Waals surface area contributed by atoms with Gasteiger partial charge in [-0.3, -0.25) is 4.79 Å². The topological polar surface area (TPSA) is 47.6 Å². The van der Waals surface area contributed by atoms with Gasteiger partial charge < -0.3 is 14.8 Å². The first-order valence-electron chi connectivity index (χ1n) is 7.53. The molecule has 0 bridgehead atoms. The maximum atomic E-state index is 12.0. The van der Waals surface area contributed by atoms with E-state index >= 15 is 0 Å². The molecule has 0 atom stereocenters. The minimum atomic E-state index is -0.234. The summed E-state index contributed by atoms with van der Waals surface area (Å²) in [5.74, 6) is 1.14. The number of anilines is 1. The SMILES string of the molecule is C=CCOc1ccc(NC(=O)COc2ccc(Cl)c(C)c2C)cc1. The van der Waals surface area contributed by atoms with Crippen LogP contribution < -0.4 is 14.8 Å². The molecule has 5 heteroatoms. The van der Waals surface area contributed by atoms with Crippen LogP contribution in [0.15, 0.2) is 49.1 Å². The fraction of sp³-hybridized carbons (Fsp3) is 0.211. The van der Waals surface area contributed by atoms with Crippen LogP contribution in [0.4, 0.5) is 5.69 Å². The van der Waals surface area contributed by atoms with Crippen molar-refractivity contribution in [3.63, 3.8) is 0 Å². The van der Waals surface area contributed by atoms with Gasteiger partial charge in [0.2, 0.25) is 0 Å². The molecule has 0 saturated heterocycles. The quantitative estimate of drug-likeness (QED) is 0.749. The molecule has 2 rings (SSSR count). The molecule has 0 aliphatic rings. The number of benzene rings is 2. The zero-order valence-corrected chi connectivity index (χ0v) is 14.5. The number of rotatable bonds is 7. The number of carbonyl (C=O) groups excluding carboxylic acids is 1. The molecule has 0 aliphatic carbocycles. The molecule has 0 fully saturated rings. The van der Waals surface area contributed by atoms with Crippen molar-refractivity contribution in [1.82, 2.24) is 0 Å². The van der Waals surface area contributed by atoms with E-state index < -0.39 is 0 Å². The monoisotopic (exact) mass is 345 g/mol. The molecular formula is C19H20ClNO3. The van der Waals surface area contributed by atoms with Crippen LogP contribution in [0.3, 0.4) is 0 Å². The summed E-state index contributed by atoms with van der Waals surface area (Å²) in [6.07, 6.45) is 1.67. The molecule has 4 nitrogen and oxygen atoms in total. The highest BCUT2D eigenvalue weighted by atomic mass is 35.5. The lowest BCUT2D eigenvalue weighted by molar-refractivity contribution is -0.118. The zero-order chi connectivity index (χ0) is 17.5. The number of hydrogen-bond acceptors (Lipinski definition) is 3. The van der Waals surface area contributed by atoms with Gasteiger partial charge in [-0.05, 0) is 61.4 Å². The highest BCUT2D eigenvalue weighted by Gasteiger charge is 2.09. The van der Waals surface area contributed by atoms with Crippen LogP contribution in [0.1, 0.15) is 11.1 Å². The second-order valence-corrected chi connectivity index (χ2v) is 5.66. The minimum absolute atomic E-state index is 0.0728. The van der Waals surface area contributed by atoms with E-state index in [9.17, 15) is 4.79 Å². The summed E-state index contributed by atoms with van der Waals surface area (Å²) < 4.78 is 11.0. The van der Waals surface area contributed by atoms with E-state index in [0.717, 1.165) is 16.9 Å². The average molecular weight is 346 g/mol. The molecule has 0 aliphatic heterocycles. The Morgan fingerprint density at radius 1 is 1.12 bits per heavy atom. The summed E-state index contributed by atoms with van der Waals surface area (Å²) in [7, 11) is 0. The van der Waals surface area contributed by atoms with Crippen molar-refractivity contribution in [2.24, 2.45) is 0 Å². The van der Waals surface area contributed by atoms with E-state index in [1.54, 1.807) is 42.5 Å². The summed E-state index contributed by atoms with van der Waals surface area (Å²) in [6, 6.07) is 10.6. The van der Waals surface area contributed by atoms with Gasteiger partial charge in [0, 0.05) is 10.7 Å². The lowest BCUT2D eigenvalue weighted by Crippen LogP contribution is -2.20. The van der Waals surface area contributed by atoms with Gasteiger partial charge in [0.1, 0.15) is 18.1 Å². The maximum absolute atomic E-state index is 12.0. The van der Waals surface area contributed by atoms with Crippen LogP contribution >= 0.6 is 11.6 Å². The molecule has 0 aromatic heterocycles. The second-order valence-electron chi connectivity index (χ2n) is 5.26. The third-order valence-electron chi connectivity index (χ3n) is 3.54. The summed E-state index contributed by atoms with van der Waals surface area (Å²) in [4.78, 5) is 12.0. The third kappa shape index (κ3) is 4.77. The van der Waals surface area contributed by atoms with Gasteiger partial charge in [0.05, 0.1) is 0 Å². The Hall–Kier alpha value is -2.46. The summed E-state index contributed by atoms with van der Waals surface area (Å²) in [5, 5.41) is 3.46. The molecule has 2 aromatic carbocycles. The zero-order valence-electron chi connectivity index (χ0n) is 13.8. The van der Waals surface area contributed by atoms with E-state index in [1.807, 2.05) is 13.8 Å². The van der Waals surface area contributed by atoms with E-state index in [2.05, 4.69) is 11.9 Å². The molecule has 0 spiro atoms. The summed E-state index contributed by atoms with van der Waals surface area (Å²) >= 11 is 6.05. The Bertz CT molecular complexity index is 726. The Morgan fingerprint density at radius 3 is 2.50 bits per heavy atom. The highest BCUT2D eigenvalue weighted by molar-refractivity contribution is 6.31. The van der Waals surface area contributed by atoms with Crippen molar-refractivity contribution in [1.29, 1.82) is 0 Å². The summed E-state index contributed by atoms with van der Waals surface area (Å²) in [6.45, 7) is 7.79. The van der Waals surface area contributed by atoms with Crippen molar-refractivity contribution < 1.29 is 14.3 Å². The Kier molecular flexibility index (Phi) is 6.27. The number of nitrogens with one attached hydrogen (secondary N) is 1. The Morgan fingerprint density at radius 2 is 1.83 bits per heavy atom. The van der Waals surface area contributed by atoms with Crippen LogP contribution in [0.5, 0.6) is 11.5 Å². The van der Waals surface area contributed by atoms with E-state index in [1.165, 1.54) is 0 Å². The molecule has 1 N–H and O–H groups in total. The Balaban J connectivity index is 1.89. The number of carbonyl (C=O) groups is 1. The van der Waals surface area contributed by atoms with Gasteiger partial charge in [-0.2, -0.15) is 0 Å².